The summed E-state index contributed by atoms with van der Waals surface area (Å²) >= 11 is 0. The minimum absolute atomic E-state index is 0.224. The van der Waals surface area contributed by atoms with Crippen LogP contribution in [0.4, 0.5) is 0 Å². The van der Waals surface area contributed by atoms with Gasteiger partial charge in [-0.2, -0.15) is 0 Å². The van der Waals surface area contributed by atoms with Crippen molar-refractivity contribution in [2.75, 3.05) is 19.8 Å². The monoisotopic (exact) mass is 266 g/mol. The van der Waals surface area contributed by atoms with E-state index in [9.17, 15) is 0 Å². The fraction of sp³-hybridized carbons (Fsp3) is 0.625. The van der Waals surface area contributed by atoms with Crippen LogP contribution in [-0.4, -0.2) is 26.1 Å². The van der Waals surface area contributed by atoms with Gasteiger partial charge in [0.05, 0.1) is 13.2 Å². The van der Waals surface area contributed by atoms with Crippen LogP contribution in [0.5, 0.6) is 5.75 Å². The van der Waals surface area contributed by atoms with E-state index >= 15 is 0 Å². The van der Waals surface area contributed by atoms with Gasteiger partial charge in [-0.3, -0.25) is 0 Å². The standard InChI is InChI=1S/C16H26O3/c1-4-11-17-13-10-16(18-12-5-2)19-15-9-7-6-8-14(15)3/h6-9,16H,4-5,10-13H2,1-3H3. The molecule has 0 radical (unpaired) electrons. The van der Waals surface area contributed by atoms with E-state index in [2.05, 4.69) is 13.8 Å². The van der Waals surface area contributed by atoms with Crippen LogP contribution in [0.2, 0.25) is 0 Å². The Labute approximate surface area is 116 Å². The molecule has 1 aromatic carbocycles. The summed E-state index contributed by atoms with van der Waals surface area (Å²) in [5.74, 6) is 0.888. The highest BCUT2D eigenvalue weighted by Crippen LogP contribution is 2.19. The molecule has 1 aromatic rings. The number of rotatable bonds is 10. The molecule has 0 spiro atoms. The molecule has 0 bridgehead atoms. The van der Waals surface area contributed by atoms with Gasteiger partial charge >= 0.3 is 0 Å². The van der Waals surface area contributed by atoms with E-state index < -0.39 is 0 Å². The first kappa shape index (κ1) is 16.0. The Morgan fingerprint density at radius 1 is 1.00 bits per heavy atom. The van der Waals surface area contributed by atoms with Gasteiger partial charge in [-0.05, 0) is 31.4 Å². The summed E-state index contributed by atoms with van der Waals surface area (Å²) in [6.07, 6.45) is 2.56. The van der Waals surface area contributed by atoms with Crippen LogP contribution >= 0.6 is 0 Å². The Kier molecular flexibility index (Phi) is 8.26. The lowest BCUT2D eigenvalue weighted by atomic mass is 10.2. The molecule has 108 valence electrons. The number of benzene rings is 1. The lowest BCUT2D eigenvalue weighted by molar-refractivity contribution is -0.0951. The van der Waals surface area contributed by atoms with Crippen molar-refractivity contribution in [3.8, 4) is 5.75 Å². The first-order chi connectivity index (χ1) is 9.27. The lowest BCUT2D eigenvalue weighted by Gasteiger charge is -2.20. The fourth-order valence-corrected chi connectivity index (χ4v) is 1.68. The molecule has 1 atom stereocenters. The summed E-state index contributed by atoms with van der Waals surface area (Å²) < 4.78 is 17.2. The predicted molar refractivity (Wildman–Crippen MR) is 77.6 cm³/mol. The van der Waals surface area contributed by atoms with Crippen LogP contribution < -0.4 is 4.74 Å². The van der Waals surface area contributed by atoms with Gasteiger partial charge in [-0.25, -0.2) is 0 Å². The van der Waals surface area contributed by atoms with Crippen molar-refractivity contribution >= 4 is 0 Å². The Morgan fingerprint density at radius 2 is 1.74 bits per heavy atom. The van der Waals surface area contributed by atoms with E-state index in [0.29, 0.717) is 13.2 Å². The second-order valence-electron chi connectivity index (χ2n) is 4.58. The maximum absolute atomic E-state index is 5.93. The predicted octanol–water partition coefficient (Wildman–Crippen LogP) is 3.94. The summed E-state index contributed by atoms with van der Waals surface area (Å²) in [6.45, 7) is 8.43. The van der Waals surface area contributed by atoms with Crippen molar-refractivity contribution in [3.05, 3.63) is 29.8 Å². The van der Waals surface area contributed by atoms with Crippen LogP contribution in [0.15, 0.2) is 24.3 Å². The third-order valence-electron chi connectivity index (χ3n) is 2.71. The first-order valence-corrected chi connectivity index (χ1v) is 7.19. The maximum Gasteiger partial charge on any atom is 0.202 e. The molecule has 0 aliphatic rings. The second kappa shape index (κ2) is 9.82. The molecule has 3 nitrogen and oxygen atoms in total. The topological polar surface area (TPSA) is 27.7 Å². The van der Waals surface area contributed by atoms with E-state index in [1.165, 1.54) is 0 Å². The number of aryl methyl sites for hydroxylation is 1. The molecule has 0 fully saturated rings. The van der Waals surface area contributed by atoms with Crippen LogP contribution in [0.3, 0.4) is 0 Å². The number of hydrogen-bond donors (Lipinski definition) is 0. The van der Waals surface area contributed by atoms with Gasteiger partial charge in [0.15, 0.2) is 0 Å². The lowest BCUT2D eigenvalue weighted by Crippen LogP contribution is -2.23. The van der Waals surface area contributed by atoms with Crippen molar-refractivity contribution in [1.82, 2.24) is 0 Å². The minimum atomic E-state index is -0.224. The van der Waals surface area contributed by atoms with Gasteiger partial charge in [0.25, 0.3) is 0 Å². The molecule has 0 saturated carbocycles. The van der Waals surface area contributed by atoms with Crippen molar-refractivity contribution in [3.63, 3.8) is 0 Å². The van der Waals surface area contributed by atoms with E-state index in [1.807, 2.05) is 31.2 Å². The SMILES string of the molecule is CCCOCCC(OCCC)Oc1ccccc1C. The molecule has 0 aliphatic heterocycles. The summed E-state index contributed by atoms with van der Waals surface area (Å²) in [4.78, 5) is 0. The minimum Gasteiger partial charge on any atom is -0.465 e. The molecule has 0 N–H and O–H groups in total. The van der Waals surface area contributed by atoms with Crippen LogP contribution in [0.1, 0.15) is 38.7 Å². The molecule has 0 amide bonds. The quantitative estimate of drug-likeness (QED) is 0.474. The Balaban J connectivity index is 2.46. The zero-order valence-corrected chi connectivity index (χ0v) is 12.4. The molecule has 3 heteroatoms. The van der Waals surface area contributed by atoms with Gasteiger partial charge in [0.1, 0.15) is 5.75 Å². The summed E-state index contributed by atoms with van der Waals surface area (Å²) in [7, 11) is 0. The third-order valence-corrected chi connectivity index (χ3v) is 2.71. The van der Waals surface area contributed by atoms with Gasteiger partial charge < -0.3 is 14.2 Å². The number of para-hydroxylation sites is 1. The average Bonchev–Trinajstić information content (AvgIpc) is 2.43. The smallest absolute Gasteiger partial charge is 0.202 e. The molecular weight excluding hydrogens is 240 g/mol. The van der Waals surface area contributed by atoms with Crippen molar-refractivity contribution in [1.29, 1.82) is 0 Å². The first-order valence-electron chi connectivity index (χ1n) is 7.19. The molecule has 0 aliphatic carbocycles. The molecule has 1 rings (SSSR count). The van der Waals surface area contributed by atoms with Gasteiger partial charge in [-0.15, -0.1) is 0 Å². The average molecular weight is 266 g/mol. The summed E-state index contributed by atoms with van der Waals surface area (Å²) in [5.41, 5.74) is 1.13. The highest BCUT2D eigenvalue weighted by molar-refractivity contribution is 5.31. The molecule has 1 unspecified atom stereocenters. The van der Waals surface area contributed by atoms with Crippen molar-refractivity contribution in [2.24, 2.45) is 0 Å². The van der Waals surface area contributed by atoms with Crippen LogP contribution in [0, 0.1) is 6.92 Å². The fourth-order valence-electron chi connectivity index (χ4n) is 1.68. The van der Waals surface area contributed by atoms with E-state index in [1.54, 1.807) is 0 Å². The van der Waals surface area contributed by atoms with E-state index in [4.69, 9.17) is 14.2 Å². The second-order valence-corrected chi connectivity index (χ2v) is 4.58. The zero-order chi connectivity index (χ0) is 13.9. The summed E-state index contributed by atoms with van der Waals surface area (Å²) in [6, 6.07) is 8.01. The van der Waals surface area contributed by atoms with Crippen LogP contribution in [-0.2, 0) is 9.47 Å². The molecule has 0 heterocycles. The zero-order valence-electron chi connectivity index (χ0n) is 12.4. The Morgan fingerprint density at radius 3 is 2.42 bits per heavy atom. The largest absolute Gasteiger partial charge is 0.465 e. The van der Waals surface area contributed by atoms with E-state index in [-0.39, 0.29) is 6.29 Å². The van der Waals surface area contributed by atoms with Crippen LogP contribution in [0.25, 0.3) is 0 Å². The highest BCUT2D eigenvalue weighted by atomic mass is 16.7. The van der Waals surface area contributed by atoms with Gasteiger partial charge in [0.2, 0.25) is 6.29 Å². The molecule has 19 heavy (non-hydrogen) atoms. The normalized spacial score (nSPS) is 12.4. The third kappa shape index (κ3) is 6.60. The van der Waals surface area contributed by atoms with E-state index in [0.717, 1.165) is 37.2 Å². The summed E-state index contributed by atoms with van der Waals surface area (Å²) in [5, 5.41) is 0. The van der Waals surface area contributed by atoms with Gasteiger partial charge in [0, 0.05) is 13.0 Å². The maximum atomic E-state index is 5.93. The number of ether oxygens (including phenoxy) is 3. The van der Waals surface area contributed by atoms with Gasteiger partial charge in [-0.1, -0.05) is 32.0 Å². The molecule has 0 aromatic heterocycles. The highest BCUT2D eigenvalue weighted by Gasteiger charge is 2.11. The van der Waals surface area contributed by atoms with Crippen molar-refractivity contribution < 1.29 is 14.2 Å². The molecular formula is C16H26O3. The Hall–Kier alpha value is -1.06. The Bertz CT molecular complexity index is 339. The van der Waals surface area contributed by atoms with Crippen molar-refractivity contribution in [2.45, 2.75) is 46.3 Å². The molecule has 0 saturated heterocycles. The number of hydrogen-bond acceptors (Lipinski definition) is 3.